The van der Waals surface area contributed by atoms with Crippen LogP contribution in [0.1, 0.15) is 28.6 Å². The van der Waals surface area contributed by atoms with E-state index in [-0.39, 0.29) is 6.61 Å². The van der Waals surface area contributed by atoms with E-state index in [4.69, 9.17) is 14.2 Å². The highest BCUT2D eigenvalue weighted by atomic mass is 16.5. The first kappa shape index (κ1) is 27.8. The molecule has 0 radical (unpaired) electrons. The topological polar surface area (TPSA) is 131 Å². The zero-order valence-corrected chi connectivity index (χ0v) is 22.5. The molecule has 10 nitrogen and oxygen atoms in total. The van der Waals surface area contributed by atoms with Gasteiger partial charge in [-0.1, -0.05) is 59.8 Å². The van der Waals surface area contributed by atoms with Gasteiger partial charge in [-0.3, -0.25) is 0 Å². The van der Waals surface area contributed by atoms with Crippen LogP contribution >= 0.6 is 0 Å². The highest BCUT2D eigenvalue weighted by Gasteiger charge is 2.39. The van der Waals surface area contributed by atoms with Crippen molar-refractivity contribution in [1.29, 1.82) is 0 Å². The summed E-state index contributed by atoms with van der Waals surface area (Å²) in [7, 11) is 1.62. The monoisotopic (exact) mass is 546 g/mol. The molecule has 0 saturated carbocycles. The van der Waals surface area contributed by atoms with Crippen molar-refractivity contribution in [3.05, 3.63) is 95.3 Å². The number of aliphatic hydroxyl groups is 3. The number of methoxy groups -OCH3 is 1. The molecule has 1 aliphatic heterocycles. The van der Waals surface area contributed by atoms with Crippen molar-refractivity contribution in [2.24, 2.45) is 0 Å². The van der Waals surface area contributed by atoms with Gasteiger partial charge in [0.05, 0.1) is 25.6 Å². The molecule has 4 aromatic rings. The number of rotatable bonds is 10. The SMILES string of the molecule is COc1ccc(CNCc2cn([C@@H]3OC[C@@H](O)[C@H](O)[C@H]3O)nn2)cc1OCc1cccc(-c2ccccc2)c1C. The van der Waals surface area contributed by atoms with Crippen LogP contribution in [0.5, 0.6) is 11.5 Å². The lowest BCUT2D eigenvalue weighted by Gasteiger charge is -2.34. The fraction of sp³-hybridized carbons (Fsp3) is 0.333. The largest absolute Gasteiger partial charge is 0.493 e. The minimum absolute atomic E-state index is 0.101. The average molecular weight is 547 g/mol. The van der Waals surface area contributed by atoms with Crippen LogP contribution in [0.2, 0.25) is 0 Å². The van der Waals surface area contributed by atoms with Gasteiger partial charge >= 0.3 is 0 Å². The molecule has 0 spiro atoms. The number of aromatic nitrogens is 3. The third-order valence-corrected chi connectivity index (χ3v) is 7.07. The molecule has 0 amide bonds. The van der Waals surface area contributed by atoms with Crippen molar-refractivity contribution < 1.29 is 29.5 Å². The van der Waals surface area contributed by atoms with Crippen LogP contribution in [0.25, 0.3) is 11.1 Å². The Kier molecular flexibility index (Phi) is 8.73. The van der Waals surface area contributed by atoms with Crippen LogP contribution in [0.15, 0.2) is 72.9 Å². The number of ether oxygens (including phenoxy) is 3. The van der Waals surface area contributed by atoms with Gasteiger partial charge in [0.15, 0.2) is 17.7 Å². The van der Waals surface area contributed by atoms with E-state index in [0.29, 0.717) is 36.9 Å². The Morgan fingerprint density at radius 1 is 0.975 bits per heavy atom. The van der Waals surface area contributed by atoms with Gasteiger partial charge in [-0.15, -0.1) is 5.10 Å². The molecule has 1 aromatic heterocycles. The maximum Gasteiger partial charge on any atom is 0.180 e. The summed E-state index contributed by atoms with van der Waals surface area (Å²) in [5, 5.41) is 41.2. The smallest absolute Gasteiger partial charge is 0.180 e. The number of benzene rings is 3. The van der Waals surface area contributed by atoms with E-state index >= 15 is 0 Å². The molecule has 1 aliphatic rings. The molecule has 5 rings (SSSR count). The molecule has 0 aliphatic carbocycles. The molecule has 2 heterocycles. The van der Waals surface area contributed by atoms with Crippen LogP contribution in [0, 0.1) is 6.92 Å². The van der Waals surface area contributed by atoms with Crippen molar-refractivity contribution in [3.63, 3.8) is 0 Å². The lowest BCUT2D eigenvalue weighted by atomic mass is 9.97. The number of hydrogen-bond donors (Lipinski definition) is 4. The summed E-state index contributed by atoms with van der Waals surface area (Å²) in [5.74, 6) is 1.31. The molecule has 4 atom stereocenters. The van der Waals surface area contributed by atoms with Gasteiger partial charge in [0.2, 0.25) is 0 Å². The maximum atomic E-state index is 10.2. The van der Waals surface area contributed by atoms with Crippen molar-refractivity contribution in [2.45, 2.75) is 51.2 Å². The van der Waals surface area contributed by atoms with Crippen LogP contribution in [-0.2, 0) is 24.4 Å². The van der Waals surface area contributed by atoms with Crippen molar-refractivity contribution in [3.8, 4) is 22.6 Å². The second kappa shape index (κ2) is 12.6. The molecule has 40 heavy (non-hydrogen) atoms. The molecular formula is C30H34N4O6. The summed E-state index contributed by atoms with van der Waals surface area (Å²) in [6, 6.07) is 22.4. The first-order chi connectivity index (χ1) is 19.4. The second-order valence-electron chi connectivity index (χ2n) is 9.80. The maximum absolute atomic E-state index is 10.2. The fourth-order valence-corrected chi connectivity index (χ4v) is 4.75. The molecular weight excluding hydrogens is 512 g/mol. The van der Waals surface area contributed by atoms with Gasteiger partial charge in [0, 0.05) is 13.1 Å². The third kappa shape index (κ3) is 6.16. The lowest BCUT2D eigenvalue weighted by molar-refractivity contribution is -0.214. The van der Waals surface area contributed by atoms with Crippen molar-refractivity contribution >= 4 is 0 Å². The first-order valence-electron chi connectivity index (χ1n) is 13.2. The van der Waals surface area contributed by atoms with E-state index in [9.17, 15) is 15.3 Å². The average Bonchev–Trinajstić information content (AvgIpc) is 3.44. The summed E-state index contributed by atoms with van der Waals surface area (Å²) in [6.07, 6.45) is -3.04. The Morgan fingerprint density at radius 3 is 2.60 bits per heavy atom. The number of nitrogens with zero attached hydrogens (tertiary/aromatic N) is 3. The molecule has 210 valence electrons. The minimum Gasteiger partial charge on any atom is -0.493 e. The van der Waals surface area contributed by atoms with Crippen molar-refractivity contribution in [2.75, 3.05) is 13.7 Å². The summed E-state index contributed by atoms with van der Waals surface area (Å²) < 4.78 is 18.5. The van der Waals surface area contributed by atoms with Gasteiger partial charge in [-0.05, 0) is 46.9 Å². The molecule has 10 heteroatoms. The van der Waals surface area contributed by atoms with Crippen LogP contribution in [-0.4, -0.2) is 62.3 Å². The number of aliphatic hydroxyl groups excluding tert-OH is 3. The van der Waals surface area contributed by atoms with Gasteiger partial charge in [0.25, 0.3) is 0 Å². The molecule has 1 saturated heterocycles. The zero-order valence-electron chi connectivity index (χ0n) is 22.5. The van der Waals surface area contributed by atoms with Crippen LogP contribution in [0.4, 0.5) is 0 Å². The predicted octanol–water partition coefficient (Wildman–Crippen LogP) is 2.74. The standard InChI is InChI=1S/C30H34N4O6/c1-19-22(9-6-10-24(19)21-7-4-3-5-8-21)17-39-27-13-20(11-12-26(27)38-2)14-31-15-23-16-34(33-32-23)30-29(37)28(36)25(35)18-40-30/h3-13,16,25,28-31,35-37H,14-15,17-18H2,1-2H3/t25-,28+,29-,30-/m1/s1. The lowest BCUT2D eigenvalue weighted by Crippen LogP contribution is -2.50. The summed E-state index contributed by atoms with van der Waals surface area (Å²) in [4.78, 5) is 0. The van der Waals surface area contributed by atoms with E-state index in [1.165, 1.54) is 21.4 Å². The van der Waals surface area contributed by atoms with E-state index in [1.807, 2.05) is 42.5 Å². The molecule has 0 unspecified atom stereocenters. The molecule has 3 aromatic carbocycles. The summed E-state index contributed by atoms with van der Waals surface area (Å²) in [5.41, 5.74) is 6.27. The fourth-order valence-electron chi connectivity index (χ4n) is 4.75. The Hall–Kier alpha value is -3.80. The summed E-state index contributed by atoms with van der Waals surface area (Å²) >= 11 is 0. The Bertz CT molecular complexity index is 1410. The van der Waals surface area contributed by atoms with E-state index < -0.39 is 24.5 Å². The van der Waals surface area contributed by atoms with Crippen LogP contribution in [0.3, 0.4) is 0 Å². The highest BCUT2D eigenvalue weighted by molar-refractivity contribution is 5.68. The molecule has 1 fully saturated rings. The van der Waals surface area contributed by atoms with E-state index in [1.54, 1.807) is 13.3 Å². The Balaban J connectivity index is 1.20. The van der Waals surface area contributed by atoms with Gasteiger partial charge in [-0.25, -0.2) is 4.68 Å². The predicted molar refractivity (Wildman–Crippen MR) is 148 cm³/mol. The molecule has 0 bridgehead atoms. The minimum atomic E-state index is -1.31. The molecule has 4 N–H and O–H groups in total. The van der Waals surface area contributed by atoms with Gasteiger partial charge in [-0.2, -0.15) is 0 Å². The highest BCUT2D eigenvalue weighted by Crippen LogP contribution is 2.31. The van der Waals surface area contributed by atoms with Crippen molar-refractivity contribution in [1.82, 2.24) is 20.3 Å². The number of nitrogens with one attached hydrogen (secondary N) is 1. The quantitative estimate of drug-likeness (QED) is 0.237. The van der Waals surface area contributed by atoms with E-state index in [2.05, 4.69) is 46.8 Å². The van der Waals surface area contributed by atoms with Gasteiger partial charge in [0.1, 0.15) is 24.9 Å². The summed E-state index contributed by atoms with van der Waals surface area (Å²) in [6.45, 7) is 3.38. The Morgan fingerprint density at radius 2 is 1.80 bits per heavy atom. The first-order valence-corrected chi connectivity index (χ1v) is 13.2. The normalized spacial score (nSPS) is 20.8. The second-order valence-corrected chi connectivity index (χ2v) is 9.80. The third-order valence-electron chi connectivity index (χ3n) is 7.07. The zero-order chi connectivity index (χ0) is 28.1. The van der Waals surface area contributed by atoms with Crippen LogP contribution < -0.4 is 14.8 Å². The van der Waals surface area contributed by atoms with E-state index in [0.717, 1.165) is 11.1 Å². The number of hydrogen-bond acceptors (Lipinski definition) is 9. The Labute approximate surface area is 232 Å². The van der Waals surface area contributed by atoms with Gasteiger partial charge < -0.3 is 34.8 Å².